The van der Waals surface area contributed by atoms with E-state index in [0.29, 0.717) is 17.1 Å². The van der Waals surface area contributed by atoms with Gasteiger partial charge in [0.2, 0.25) is 5.91 Å². The molecule has 0 aliphatic rings. The van der Waals surface area contributed by atoms with Gasteiger partial charge >= 0.3 is 0 Å². The third kappa shape index (κ3) is 5.44. The zero-order valence-corrected chi connectivity index (χ0v) is 14.9. The standard InChI is InChI=1S/C22H20N2O3/c1-16(25)23-20-8-5-9-21(14-20)27-15-22(26)24-19-12-10-18(11-13-19)17-6-3-2-4-7-17/h2-14H,15H2,1H3,(H,23,25)(H,24,26). The maximum absolute atomic E-state index is 12.1. The Kier molecular flexibility index (Phi) is 5.84. The smallest absolute Gasteiger partial charge is 0.262 e. The van der Waals surface area contributed by atoms with Crippen molar-refractivity contribution in [2.75, 3.05) is 17.2 Å². The van der Waals surface area contributed by atoms with Crippen LogP contribution in [0.4, 0.5) is 11.4 Å². The molecule has 0 aromatic heterocycles. The van der Waals surface area contributed by atoms with Crippen molar-refractivity contribution in [3.8, 4) is 16.9 Å². The lowest BCUT2D eigenvalue weighted by atomic mass is 10.1. The van der Waals surface area contributed by atoms with Gasteiger partial charge in [-0.3, -0.25) is 9.59 Å². The van der Waals surface area contributed by atoms with Crippen molar-refractivity contribution in [3.05, 3.63) is 78.9 Å². The van der Waals surface area contributed by atoms with E-state index in [-0.39, 0.29) is 18.4 Å². The third-order valence-electron chi connectivity index (χ3n) is 3.80. The molecule has 136 valence electrons. The van der Waals surface area contributed by atoms with Crippen LogP contribution in [0.25, 0.3) is 11.1 Å². The van der Waals surface area contributed by atoms with Crippen molar-refractivity contribution in [2.45, 2.75) is 6.92 Å². The van der Waals surface area contributed by atoms with E-state index in [2.05, 4.69) is 10.6 Å². The Morgan fingerprint density at radius 2 is 1.48 bits per heavy atom. The topological polar surface area (TPSA) is 67.4 Å². The van der Waals surface area contributed by atoms with Crippen LogP contribution in [0.2, 0.25) is 0 Å². The van der Waals surface area contributed by atoms with E-state index >= 15 is 0 Å². The number of benzene rings is 3. The molecule has 0 atom stereocenters. The molecular formula is C22H20N2O3. The Labute approximate surface area is 158 Å². The molecule has 5 nitrogen and oxygen atoms in total. The summed E-state index contributed by atoms with van der Waals surface area (Å²) in [7, 11) is 0. The van der Waals surface area contributed by atoms with Crippen LogP contribution in [0.1, 0.15) is 6.92 Å². The monoisotopic (exact) mass is 360 g/mol. The number of carbonyl (C=O) groups excluding carboxylic acids is 2. The second kappa shape index (κ2) is 8.67. The zero-order chi connectivity index (χ0) is 19.1. The summed E-state index contributed by atoms with van der Waals surface area (Å²) >= 11 is 0. The molecule has 0 unspecified atom stereocenters. The first kappa shape index (κ1) is 18.2. The van der Waals surface area contributed by atoms with Crippen molar-refractivity contribution < 1.29 is 14.3 Å². The Morgan fingerprint density at radius 1 is 0.778 bits per heavy atom. The highest BCUT2D eigenvalue weighted by atomic mass is 16.5. The van der Waals surface area contributed by atoms with Crippen molar-refractivity contribution in [1.82, 2.24) is 0 Å². The normalized spacial score (nSPS) is 10.1. The first-order chi connectivity index (χ1) is 13.1. The molecule has 0 spiro atoms. The quantitative estimate of drug-likeness (QED) is 0.687. The lowest BCUT2D eigenvalue weighted by Crippen LogP contribution is -2.20. The summed E-state index contributed by atoms with van der Waals surface area (Å²) in [6, 6.07) is 24.6. The van der Waals surface area contributed by atoms with Gasteiger partial charge in [0.1, 0.15) is 5.75 Å². The fourth-order valence-corrected chi connectivity index (χ4v) is 2.59. The molecule has 0 radical (unpaired) electrons. The summed E-state index contributed by atoms with van der Waals surface area (Å²) in [5.74, 6) is 0.0899. The maximum atomic E-state index is 12.1. The number of ether oxygens (including phenoxy) is 1. The van der Waals surface area contributed by atoms with Crippen LogP contribution in [0.5, 0.6) is 5.75 Å². The molecule has 0 saturated carbocycles. The number of carbonyl (C=O) groups is 2. The van der Waals surface area contributed by atoms with E-state index in [0.717, 1.165) is 11.1 Å². The molecule has 3 aromatic carbocycles. The van der Waals surface area contributed by atoms with Gasteiger partial charge in [-0.05, 0) is 35.4 Å². The summed E-state index contributed by atoms with van der Waals surface area (Å²) in [6.45, 7) is 1.31. The van der Waals surface area contributed by atoms with Gasteiger partial charge in [-0.1, -0.05) is 48.5 Å². The van der Waals surface area contributed by atoms with Gasteiger partial charge in [0.15, 0.2) is 6.61 Å². The van der Waals surface area contributed by atoms with Crippen molar-refractivity contribution in [2.24, 2.45) is 0 Å². The summed E-state index contributed by atoms with van der Waals surface area (Å²) in [5.41, 5.74) is 3.53. The molecule has 0 bridgehead atoms. The Balaban J connectivity index is 1.54. The molecule has 0 fully saturated rings. The lowest BCUT2D eigenvalue weighted by molar-refractivity contribution is -0.118. The summed E-state index contributed by atoms with van der Waals surface area (Å²) in [4.78, 5) is 23.2. The highest BCUT2D eigenvalue weighted by molar-refractivity contribution is 5.92. The molecule has 0 heterocycles. The van der Waals surface area contributed by atoms with Crippen molar-refractivity contribution >= 4 is 23.2 Å². The number of hydrogen-bond acceptors (Lipinski definition) is 3. The predicted molar refractivity (Wildman–Crippen MR) is 107 cm³/mol. The molecule has 0 aliphatic heterocycles. The molecule has 3 aromatic rings. The van der Waals surface area contributed by atoms with E-state index in [1.165, 1.54) is 6.92 Å². The average molecular weight is 360 g/mol. The Morgan fingerprint density at radius 3 is 2.19 bits per heavy atom. The van der Waals surface area contributed by atoms with Crippen LogP contribution in [0, 0.1) is 0 Å². The maximum Gasteiger partial charge on any atom is 0.262 e. The number of anilines is 2. The molecule has 2 amide bonds. The SMILES string of the molecule is CC(=O)Nc1cccc(OCC(=O)Nc2ccc(-c3ccccc3)cc2)c1. The molecule has 27 heavy (non-hydrogen) atoms. The molecule has 5 heteroatoms. The predicted octanol–water partition coefficient (Wildman–Crippen LogP) is 4.33. The van der Waals surface area contributed by atoms with Crippen LogP contribution >= 0.6 is 0 Å². The number of amides is 2. The minimum absolute atomic E-state index is 0.121. The minimum atomic E-state index is -0.257. The van der Waals surface area contributed by atoms with E-state index < -0.39 is 0 Å². The Hall–Kier alpha value is -3.60. The molecule has 3 rings (SSSR count). The van der Waals surface area contributed by atoms with Gasteiger partial charge in [0.05, 0.1) is 0 Å². The highest BCUT2D eigenvalue weighted by Crippen LogP contribution is 2.21. The zero-order valence-electron chi connectivity index (χ0n) is 14.9. The van der Waals surface area contributed by atoms with Crippen molar-refractivity contribution in [3.63, 3.8) is 0 Å². The van der Waals surface area contributed by atoms with Crippen molar-refractivity contribution in [1.29, 1.82) is 0 Å². The number of hydrogen-bond donors (Lipinski definition) is 2. The molecule has 2 N–H and O–H groups in total. The van der Waals surface area contributed by atoms with Crippen LogP contribution in [0.3, 0.4) is 0 Å². The summed E-state index contributed by atoms with van der Waals surface area (Å²) in [5, 5.41) is 5.48. The minimum Gasteiger partial charge on any atom is -0.484 e. The molecular weight excluding hydrogens is 340 g/mol. The first-order valence-electron chi connectivity index (χ1n) is 8.56. The highest BCUT2D eigenvalue weighted by Gasteiger charge is 2.05. The second-order valence-electron chi connectivity index (χ2n) is 5.99. The fourth-order valence-electron chi connectivity index (χ4n) is 2.59. The Bertz CT molecular complexity index is 922. The number of rotatable bonds is 6. The van der Waals surface area contributed by atoms with Gasteiger partial charge in [-0.2, -0.15) is 0 Å². The van der Waals surface area contributed by atoms with E-state index in [1.54, 1.807) is 24.3 Å². The van der Waals surface area contributed by atoms with Crippen LogP contribution in [0.15, 0.2) is 78.9 Å². The largest absolute Gasteiger partial charge is 0.484 e. The van der Waals surface area contributed by atoms with Crippen LogP contribution in [-0.2, 0) is 9.59 Å². The van der Waals surface area contributed by atoms with Gasteiger partial charge in [-0.15, -0.1) is 0 Å². The van der Waals surface area contributed by atoms with Gasteiger partial charge in [0.25, 0.3) is 5.91 Å². The fraction of sp³-hybridized carbons (Fsp3) is 0.0909. The second-order valence-corrected chi connectivity index (χ2v) is 5.99. The summed E-state index contributed by atoms with van der Waals surface area (Å²) < 4.78 is 5.49. The van der Waals surface area contributed by atoms with Gasteiger partial charge < -0.3 is 15.4 Å². The van der Waals surface area contributed by atoms with E-state index in [1.807, 2.05) is 54.6 Å². The summed E-state index contributed by atoms with van der Waals surface area (Å²) in [6.07, 6.45) is 0. The lowest BCUT2D eigenvalue weighted by Gasteiger charge is -2.09. The molecule has 0 saturated heterocycles. The first-order valence-corrected chi connectivity index (χ1v) is 8.56. The van der Waals surface area contributed by atoms with E-state index in [4.69, 9.17) is 4.74 Å². The van der Waals surface area contributed by atoms with Crippen LogP contribution < -0.4 is 15.4 Å². The number of nitrogens with one attached hydrogen (secondary N) is 2. The van der Waals surface area contributed by atoms with Gasteiger partial charge in [-0.25, -0.2) is 0 Å². The van der Waals surface area contributed by atoms with E-state index in [9.17, 15) is 9.59 Å². The average Bonchev–Trinajstić information content (AvgIpc) is 2.67. The molecule has 0 aliphatic carbocycles. The third-order valence-corrected chi connectivity index (χ3v) is 3.80. The van der Waals surface area contributed by atoms with Gasteiger partial charge in [0, 0.05) is 24.4 Å². The van der Waals surface area contributed by atoms with Crippen LogP contribution in [-0.4, -0.2) is 18.4 Å².